The van der Waals surface area contributed by atoms with Crippen molar-refractivity contribution in [3.05, 3.63) is 35.7 Å². The maximum absolute atomic E-state index is 13.8. The Balaban J connectivity index is 1.84. The Kier molecular flexibility index (Phi) is 5.78. The second-order valence-electron chi connectivity index (χ2n) is 5.30. The number of hydrogen-bond donors (Lipinski definition) is 0. The summed E-state index contributed by atoms with van der Waals surface area (Å²) in [5.74, 6) is -0.0126. The van der Waals surface area contributed by atoms with E-state index in [1.807, 2.05) is 0 Å². The first-order valence-corrected chi connectivity index (χ1v) is 7.46. The highest BCUT2D eigenvalue weighted by Gasteiger charge is 2.22. The van der Waals surface area contributed by atoms with Crippen LogP contribution in [0.2, 0.25) is 0 Å². The third-order valence-electron chi connectivity index (χ3n) is 3.28. The summed E-state index contributed by atoms with van der Waals surface area (Å²) in [6.45, 7) is 3.05. The van der Waals surface area contributed by atoms with Crippen LogP contribution in [0, 0.1) is 11.7 Å². The van der Waals surface area contributed by atoms with Crippen molar-refractivity contribution < 1.29 is 18.7 Å². The Morgan fingerprint density at radius 2 is 2.24 bits per heavy atom. The van der Waals surface area contributed by atoms with Crippen LogP contribution in [0.25, 0.3) is 6.08 Å². The molecule has 0 aromatic heterocycles. The minimum atomic E-state index is -0.417. The molecule has 0 bridgehead atoms. The van der Waals surface area contributed by atoms with E-state index < -0.39 is 5.82 Å². The third kappa shape index (κ3) is 5.58. The SMILES string of the molecule is CCCCOc1ccc(C=CC(=O)OCC2CC2)cc1F. The molecule has 1 aliphatic rings. The first-order valence-electron chi connectivity index (χ1n) is 7.46. The van der Waals surface area contributed by atoms with Gasteiger partial charge in [0.25, 0.3) is 0 Å². The lowest BCUT2D eigenvalue weighted by Gasteiger charge is -2.06. The van der Waals surface area contributed by atoms with Crippen LogP contribution >= 0.6 is 0 Å². The highest BCUT2D eigenvalue weighted by molar-refractivity contribution is 5.87. The molecule has 1 aromatic rings. The van der Waals surface area contributed by atoms with Crippen LogP contribution < -0.4 is 4.74 Å². The molecule has 0 N–H and O–H groups in total. The maximum atomic E-state index is 13.8. The van der Waals surface area contributed by atoms with Crippen LogP contribution in [0.1, 0.15) is 38.2 Å². The molecule has 0 heterocycles. The molecule has 114 valence electrons. The molecule has 0 saturated heterocycles. The molecular formula is C17H21FO3. The predicted octanol–water partition coefficient (Wildman–Crippen LogP) is 3.97. The van der Waals surface area contributed by atoms with Crippen molar-refractivity contribution in [2.24, 2.45) is 5.92 Å². The van der Waals surface area contributed by atoms with Crippen LogP contribution in [0.15, 0.2) is 24.3 Å². The van der Waals surface area contributed by atoms with Crippen molar-refractivity contribution in [2.75, 3.05) is 13.2 Å². The van der Waals surface area contributed by atoms with E-state index in [1.54, 1.807) is 18.2 Å². The van der Waals surface area contributed by atoms with E-state index in [4.69, 9.17) is 9.47 Å². The highest BCUT2D eigenvalue weighted by atomic mass is 19.1. The van der Waals surface area contributed by atoms with Gasteiger partial charge in [0, 0.05) is 6.08 Å². The molecule has 1 saturated carbocycles. The molecule has 0 atom stereocenters. The first kappa shape index (κ1) is 15.5. The second-order valence-corrected chi connectivity index (χ2v) is 5.30. The molecule has 0 radical (unpaired) electrons. The lowest BCUT2D eigenvalue weighted by molar-refractivity contribution is -0.138. The standard InChI is InChI=1S/C17H21FO3/c1-2-3-10-20-16-8-6-13(11-15(16)18)7-9-17(19)21-12-14-4-5-14/h6-9,11,14H,2-5,10,12H2,1H3. The van der Waals surface area contributed by atoms with Crippen LogP contribution in [-0.4, -0.2) is 19.2 Å². The average molecular weight is 292 g/mol. The number of benzene rings is 1. The van der Waals surface area contributed by atoms with Crippen molar-refractivity contribution in [3.8, 4) is 5.75 Å². The third-order valence-corrected chi connectivity index (χ3v) is 3.28. The minimum Gasteiger partial charge on any atom is -0.491 e. The summed E-state index contributed by atoms with van der Waals surface area (Å²) in [6.07, 6.45) is 7.06. The van der Waals surface area contributed by atoms with Gasteiger partial charge in [-0.1, -0.05) is 19.4 Å². The Morgan fingerprint density at radius 3 is 2.90 bits per heavy atom. The largest absolute Gasteiger partial charge is 0.491 e. The average Bonchev–Trinajstić information content (AvgIpc) is 3.29. The van der Waals surface area contributed by atoms with Gasteiger partial charge in [-0.3, -0.25) is 0 Å². The van der Waals surface area contributed by atoms with E-state index in [0.717, 1.165) is 25.7 Å². The molecule has 1 fully saturated rings. The highest BCUT2D eigenvalue weighted by Crippen LogP contribution is 2.28. The first-order chi connectivity index (χ1) is 10.2. The number of unbranched alkanes of at least 4 members (excludes halogenated alkanes) is 1. The molecule has 0 amide bonds. The van der Waals surface area contributed by atoms with E-state index in [2.05, 4.69) is 6.92 Å². The summed E-state index contributed by atoms with van der Waals surface area (Å²) in [4.78, 5) is 11.4. The van der Waals surface area contributed by atoms with Crippen LogP contribution in [0.5, 0.6) is 5.75 Å². The van der Waals surface area contributed by atoms with Crippen molar-refractivity contribution in [1.29, 1.82) is 0 Å². The van der Waals surface area contributed by atoms with Crippen LogP contribution in [0.4, 0.5) is 4.39 Å². The topological polar surface area (TPSA) is 35.5 Å². The molecule has 1 aliphatic carbocycles. The number of ether oxygens (including phenoxy) is 2. The van der Waals surface area contributed by atoms with Crippen LogP contribution in [0.3, 0.4) is 0 Å². The van der Waals surface area contributed by atoms with E-state index in [0.29, 0.717) is 24.7 Å². The Bertz CT molecular complexity index is 507. The van der Waals surface area contributed by atoms with Gasteiger partial charge in [0.2, 0.25) is 0 Å². The Labute approximate surface area is 124 Å². The predicted molar refractivity (Wildman–Crippen MR) is 79.5 cm³/mol. The maximum Gasteiger partial charge on any atom is 0.330 e. The normalized spacial score (nSPS) is 14.4. The number of halogens is 1. The molecule has 1 aromatic carbocycles. The van der Waals surface area contributed by atoms with E-state index >= 15 is 0 Å². The zero-order chi connectivity index (χ0) is 15.1. The number of carbonyl (C=O) groups is 1. The molecular weight excluding hydrogens is 271 g/mol. The fourth-order valence-electron chi connectivity index (χ4n) is 1.76. The summed E-state index contributed by atoms with van der Waals surface area (Å²) >= 11 is 0. The number of carbonyl (C=O) groups excluding carboxylic acids is 1. The molecule has 3 nitrogen and oxygen atoms in total. The Morgan fingerprint density at radius 1 is 1.43 bits per heavy atom. The summed E-state index contributed by atoms with van der Waals surface area (Å²) in [5, 5.41) is 0. The van der Waals surface area contributed by atoms with E-state index in [9.17, 15) is 9.18 Å². The molecule has 2 rings (SSSR count). The van der Waals surface area contributed by atoms with Gasteiger partial charge in [-0.05, 0) is 49.0 Å². The molecule has 21 heavy (non-hydrogen) atoms. The summed E-state index contributed by atoms with van der Waals surface area (Å²) in [6, 6.07) is 4.65. The van der Waals surface area contributed by atoms with Gasteiger partial charge in [-0.2, -0.15) is 0 Å². The number of rotatable bonds is 8. The molecule has 4 heteroatoms. The molecule has 0 spiro atoms. The summed E-state index contributed by atoms with van der Waals surface area (Å²) in [5.41, 5.74) is 0.610. The Hall–Kier alpha value is -1.84. The van der Waals surface area contributed by atoms with Crippen molar-refractivity contribution in [3.63, 3.8) is 0 Å². The lowest BCUT2D eigenvalue weighted by Crippen LogP contribution is -2.03. The van der Waals surface area contributed by atoms with Gasteiger partial charge in [-0.25, -0.2) is 9.18 Å². The van der Waals surface area contributed by atoms with Gasteiger partial charge in [-0.15, -0.1) is 0 Å². The number of hydrogen-bond acceptors (Lipinski definition) is 3. The van der Waals surface area contributed by atoms with E-state index in [1.165, 1.54) is 12.1 Å². The fourth-order valence-corrected chi connectivity index (χ4v) is 1.76. The van der Waals surface area contributed by atoms with Gasteiger partial charge < -0.3 is 9.47 Å². The van der Waals surface area contributed by atoms with Gasteiger partial charge in [0.15, 0.2) is 11.6 Å². The fraction of sp³-hybridized carbons (Fsp3) is 0.471. The van der Waals surface area contributed by atoms with Crippen molar-refractivity contribution in [2.45, 2.75) is 32.6 Å². The monoisotopic (exact) mass is 292 g/mol. The smallest absolute Gasteiger partial charge is 0.330 e. The number of esters is 1. The van der Waals surface area contributed by atoms with Gasteiger partial charge >= 0.3 is 5.97 Å². The summed E-state index contributed by atoms with van der Waals surface area (Å²) < 4.78 is 24.2. The van der Waals surface area contributed by atoms with Crippen LogP contribution in [-0.2, 0) is 9.53 Å². The lowest BCUT2D eigenvalue weighted by atomic mass is 10.2. The quantitative estimate of drug-likeness (QED) is 0.413. The molecule has 0 unspecified atom stereocenters. The van der Waals surface area contributed by atoms with Crippen molar-refractivity contribution in [1.82, 2.24) is 0 Å². The summed E-state index contributed by atoms with van der Waals surface area (Å²) in [7, 11) is 0. The second kappa shape index (κ2) is 7.81. The van der Waals surface area contributed by atoms with Gasteiger partial charge in [0.05, 0.1) is 13.2 Å². The molecule has 0 aliphatic heterocycles. The van der Waals surface area contributed by atoms with E-state index in [-0.39, 0.29) is 11.7 Å². The zero-order valence-electron chi connectivity index (χ0n) is 12.3. The van der Waals surface area contributed by atoms with Crippen molar-refractivity contribution >= 4 is 12.0 Å². The zero-order valence-corrected chi connectivity index (χ0v) is 12.3. The minimum absolute atomic E-state index is 0.247. The van der Waals surface area contributed by atoms with Gasteiger partial charge in [0.1, 0.15) is 0 Å².